The summed E-state index contributed by atoms with van der Waals surface area (Å²) in [6.07, 6.45) is 0.891. The first-order valence-electron chi connectivity index (χ1n) is 7.11. The Kier molecular flexibility index (Phi) is 3.63. The van der Waals surface area contributed by atoms with Gasteiger partial charge < -0.3 is 5.32 Å². The summed E-state index contributed by atoms with van der Waals surface area (Å²) < 4.78 is 14.7. The topological polar surface area (TPSA) is 46.9 Å². The molecule has 1 aromatic heterocycles. The monoisotopic (exact) mass is 297 g/mol. The van der Waals surface area contributed by atoms with Crippen molar-refractivity contribution < 1.29 is 9.18 Å². The van der Waals surface area contributed by atoms with Gasteiger partial charge in [-0.05, 0) is 42.3 Å². The van der Waals surface area contributed by atoms with Gasteiger partial charge in [0.05, 0.1) is 5.52 Å². The summed E-state index contributed by atoms with van der Waals surface area (Å²) in [6, 6.07) is 11.4. The van der Waals surface area contributed by atoms with Crippen LogP contribution < -0.4 is 5.32 Å². The Labute approximate surface area is 127 Å². The van der Waals surface area contributed by atoms with Crippen molar-refractivity contribution >= 4 is 22.6 Å². The molecule has 4 nitrogen and oxygen atoms in total. The van der Waals surface area contributed by atoms with Crippen LogP contribution in [0, 0.1) is 5.82 Å². The summed E-state index contributed by atoms with van der Waals surface area (Å²) in [5, 5.41) is 8.09. The van der Waals surface area contributed by atoms with E-state index in [0.717, 1.165) is 17.3 Å². The molecule has 0 unspecified atom stereocenters. The number of aromatic nitrogens is 2. The summed E-state index contributed by atoms with van der Waals surface area (Å²) in [5.41, 5.74) is 2.58. The quantitative estimate of drug-likeness (QED) is 0.804. The normalized spacial score (nSPS) is 10.9. The minimum absolute atomic E-state index is 0.304. The number of hydrogen-bond donors (Lipinski definition) is 1. The van der Waals surface area contributed by atoms with Crippen molar-refractivity contribution in [2.45, 2.75) is 13.3 Å². The Morgan fingerprint density at radius 1 is 1.23 bits per heavy atom. The van der Waals surface area contributed by atoms with Gasteiger partial charge in [0.25, 0.3) is 5.91 Å². The first-order chi connectivity index (χ1) is 10.6. The lowest BCUT2D eigenvalue weighted by Gasteiger charge is -2.03. The molecule has 2 aromatic carbocycles. The molecule has 112 valence electrons. The smallest absolute Gasteiger partial charge is 0.256 e. The van der Waals surface area contributed by atoms with Crippen LogP contribution in [0.25, 0.3) is 10.9 Å². The van der Waals surface area contributed by atoms with E-state index in [1.165, 1.54) is 29.8 Å². The molecule has 0 atom stereocenters. The fourth-order valence-corrected chi connectivity index (χ4v) is 2.58. The van der Waals surface area contributed by atoms with Gasteiger partial charge in [-0.1, -0.05) is 19.1 Å². The van der Waals surface area contributed by atoms with Crippen molar-refractivity contribution in [3.8, 4) is 0 Å². The molecule has 3 rings (SSSR count). The highest BCUT2D eigenvalue weighted by Gasteiger charge is 2.14. The Bertz CT molecular complexity index is 837. The van der Waals surface area contributed by atoms with Gasteiger partial charge in [-0.2, -0.15) is 5.10 Å². The molecule has 0 spiro atoms. The van der Waals surface area contributed by atoms with Crippen LogP contribution in [0.2, 0.25) is 0 Å². The highest BCUT2D eigenvalue weighted by Crippen LogP contribution is 2.26. The predicted molar refractivity (Wildman–Crippen MR) is 84.4 cm³/mol. The molecule has 1 N–H and O–H groups in total. The van der Waals surface area contributed by atoms with Crippen molar-refractivity contribution in [1.82, 2.24) is 9.78 Å². The summed E-state index contributed by atoms with van der Waals surface area (Å²) in [6.45, 7) is 2.08. The van der Waals surface area contributed by atoms with Crippen molar-refractivity contribution in [1.29, 1.82) is 0 Å². The third kappa shape index (κ3) is 2.45. The van der Waals surface area contributed by atoms with Crippen molar-refractivity contribution in [2.75, 3.05) is 5.32 Å². The van der Waals surface area contributed by atoms with Crippen LogP contribution in [0.3, 0.4) is 0 Å². The third-order valence-electron chi connectivity index (χ3n) is 3.67. The second kappa shape index (κ2) is 5.60. The molecule has 0 aliphatic heterocycles. The maximum atomic E-state index is 12.9. The third-order valence-corrected chi connectivity index (χ3v) is 3.67. The number of carbonyl (C=O) groups is 1. The number of nitrogens with one attached hydrogen (secondary N) is 1. The van der Waals surface area contributed by atoms with Crippen LogP contribution in [0.1, 0.15) is 22.8 Å². The molecule has 0 saturated carbocycles. The number of hydrogen-bond acceptors (Lipinski definition) is 2. The van der Waals surface area contributed by atoms with E-state index >= 15 is 0 Å². The van der Waals surface area contributed by atoms with Crippen LogP contribution in [0.15, 0.2) is 42.5 Å². The summed E-state index contributed by atoms with van der Waals surface area (Å²) in [4.78, 5) is 12.2. The van der Waals surface area contributed by atoms with Crippen molar-refractivity contribution in [2.24, 2.45) is 7.05 Å². The zero-order valence-electron chi connectivity index (χ0n) is 12.4. The van der Waals surface area contributed by atoms with Crippen LogP contribution >= 0.6 is 0 Å². The van der Waals surface area contributed by atoms with Gasteiger partial charge in [0.2, 0.25) is 0 Å². The molecule has 1 amide bonds. The highest BCUT2D eigenvalue weighted by atomic mass is 19.1. The molecule has 1 heterocycles. The molecule has 0 fully saturated rings. The Balaban J connectivity index is 1.97. The van der Waals surface area contributed by atoms with E-state index in [2.05, 4.69) is 23.4 Å². The molecular formula is C17H16FN3O. The number of fused-ring (bicyclic) bond motifs is 1. The number of anilines is 1. The molecule has 0 aliphatic carbocycles. The average molecular weight is 297 g/mol. The minimum atomic E-state index is -0.368. The van der Waals surface area contributed by atoms with Crippen molar-refractivity contribution in [3.05, 3.63) is 59.4 Å². The van der Waals surface area contributed by atoms with E-state index in [1.807, 2.05) is 19.2 Å². The maximum Gasteiger partial charge on any atom is 0.256 e. The van der Waals surface area contributed by atoms with E-state index < -0.39 is 0 Å². The predicted octanol–water partition coefficient (Wildman–Crippen LogP) is 3.53. The summed E-state index contributed by atoms with van der Waals surface area (Å²) in [7, 11) is 1.86. The maximum absolute atomic E-state index is 12.9. The number of halogens is 1. The van der Waals surface area contributed by atoms with Crippen molar-refractivity contribution in [3.63, 3.8) is 0 Å². The van der Waals surface area contributed by atoms with E-state index in [9.17, 15) is 9.18 Å². The Hall–Kier alpha value is -2.69. The van der Waals surface area contributed by atoms with Gasteiger partial charge in [0, 0.05) is 18.0 Å². The fourth-order valence-electron chi connectivity index (χ4n) is 2.58. The van der Waals surface area contributed by atoms with Crippen LogP contribution in [0.4, 0.5) is 10.2 Å². The molecule has 5 heteroatoms. The second-order valence-electron chi connectivity index (χ2n) is 5.10. The summed E-state index contributed by atoms with van der Waals surface area (Å²) >= 11 is 0. The number of para-hydroxylation sites is 1. The highest BCUT2D eigenvalue weighted by molar-refractivity contribution is 6.08. The molecule has 0 radical (unpaired) electrons. The fraction of sp³-hybridized carbons (Fsp3) is 0.176. The zero-order chi connectivity index (χ0) is 15.7. The number of nitrogens with zero attached hydrogens (tertiary/aromatic N) is 2. The molecule has 0 saturated heterocycles. The Morgan fingerprint density at radius 3 is 2.64 bits per heavy atom. The van der Waals surface area contributed by atoms with Gasteiger partial charge >= 0.3 is 0 Å². The standard InChI is InChI=1S/C17H16FN3O/c1-3-11-5-4-6-14-15(11)21(2)20-16(14)19-17(22)12-7-9-13(18)10-8-12/h4-10H,3H2,1-2H3,(H,19,20,22). The van der Waals surface area contributed by atoms with Crippen LogP contribution in [0.5, 0.6) is 0 Å². The summed E-state index contributed by atoms with van der Waals surface area (Å²) in [5.74, 6) is -0.156. The van der Waals surface area contributed by atoms with E-state index in [-0.39, 0.29) is 11.7 Å². The minimum Gasteiger partial charge on any atom is -0.305 e. The van der Waals surface area contributed by atoms with Crippen LogP contribution in [-0.4, -0.2) is 15.7 Å². The molecule has 22 heavy (non-hydrogen) atoms. The van der Waals surface area contributed by atoms with Gasteiger partial charge in [-0.3, -0.25) is 9.48 Å². The van der Waals surface area contributed by atoms with E-state index in [0.29, 0.717) is 11.4 Å². The zero-order valence-corrected chi connectivity index (χ0v) is 12.4. The first-order valence-corrected chi connectivity index (χ1v) is 7.11. The lowest BCUT2D eigenvalue weighted by Crippen LogP contribution is -2.12. The van der Waals surface area contributed by atoms with Crippen LogP contribution in [-0.2, 0) is 13.5 Å². The molecule has 0 aliphatic rings. The van der Waals surface area contributed by atoms with E-state index in [4.69, 9.17) is 0 Å². The SMILES string of the molecule is CCc1cccc2c(NC(=O)c3ccc(F)cc3)nn(C)c12. The average Bonchev–Trinajstić information content (AvgIpc) is 2.84. The number of aryl methyl sites for hydroxylation is 2. The molecule has 0 bridgehead atoms. The number of carbonyl (C=O) groups excluding carboxylic acids is 1. The van der Waals surface area contributed by atoms with Gasteiger partial charge in [0.1, 0.15) is 5.82 Å². The van der Waals surface area contributed by atoms with E-state index in [1.54, 1.807) is 4.68 Å². The first kappa shape index (κ1) is 14.3. The number of benzene rings is 2. The lowest BCUT2D eigenvalue weighted by molar-refractivity contribution is 0.102. The second-order valence-corrected chi connectivity index (χ2v) is 5.10. The van der Waals surface area contributed by atoms with Gasteiger partial charge in [-0.15, -0.1) is 0 Å². The Morgan fingerprint density at radius 2 is 1.95 bits per heavy atom. The number of amides is 1. The molecular weight excluding hydrogens is 281 g/mol. The largest absolute Gasteiger partial charge is 0.305 e. The van der Waals surface area contributed by atoms with Gasteiger partial charge in [0.15, 0.2) is 5.82 Å². The lowest BCUT2D eigenvalue weighted by atomic mass is 10.1. The molecule has 3 aromatic rings. The number of rotatable bonds is 3. The van der Waals surface area contributed by atoms with Gasteiger partial charge in [-0.25, -0.2) is 4.39 Å².